The molecule has 1 unspecified atom stereocenters. The molecule has 19 heavy (non-hydrogen) atoms. The lowest BCUT2D eigenvalue weighted by Crippen LogP contribution is -2.43. The van der Waals surface area contributed by atoms with Crippen LogP contribution in [0.4, 0.5) is 26.3 Å². The van der Waals surface area contributed by atoms with Gasteiger partial charge in [-0.3, -0.25) is 11.3 Å². The molecule has 3 N–H and O–H groups in total. The minimum absolute atomic E-state index is 0.0294. The third-order valence-electron chi connectivity index (χ3n) is 3.76. The van der Waals surface area contributed by atoms with Crippen LogP contribution in [0.2, 0.25) is 0 Å². The van der Waals surface area contributed by atoms with Crippen LogP contribution < -0.4 is 11.3 Å². The van der Waals surface area contributed by atoms with Crippen molar-refractivity contribution in [2.75, 3.05) is 0 Å². The normalized spacial score (nSPS) is 27.3. The predicted octanol–water partition coefficient (Wildman–Crippen LogP) is 3.53. The summed E-state index contributed by atoms with van der Waals surface area (Å²) < 4.78 is 73.8. The Hall–Kier alpha value is -0.500. The Morgan fingerprint density at radius 1 is 1.00 bits per heavy atom. The van der Waals surface area contributed by atoms with E-state index in [1.807, 2.05) is 0 Å². The number of nitrogens with one attached hydrogen (secondary N) is 1. The summed E-state index contributed by atoms with van der Waals surface area (Å²) in [5.74, 6) is 3.67. The predicted molar refractivity (Wildman–Crippen MR) is 57.9 cm³/mol. The molecule has 1 rings (SSSR count). The number of nitrogens with two attached hydrogens (primary N) is 1. The lowest BCUT2D eigenvalue weighted by Gasteiger charge is -2.34. The molecule has 8 heteroatoms. The van der Waals surface area contributed by atoms with E-state index in [2.05, 4.69) is 5.43 Å². The molecule has 114 valence electrons. The van der Waals surface area contributed by atoms with E-state index in [9.17, 15) is 26.3 Å². The summed E-state index contributed by atoms with van der Waals surface area (Å²) >= 11 is 0. The summed E-state index contributed by atoms with van der Waals surface area (Å²) in [6.45, 7) is 0. The first-order valence-corrected chi connectivity index (χ1v) is 6.23. The van der Waals surface area contributed by atoms with Crippen LogP contribution in [0.1, 0.15) is 38.5 Å². The Morgan fingerprint density at radius 2 is 1.53 bits per heavy atom. The summed E-state index contributed by atoms with van der Waals surface area (Å²) in [5, 5.41) is 0. The second-order valence-electron chi connectivity index (χ2n) is 5.08. The van der Waals surface area contributed by atoms with Gasteiger partial charge in [-0.1, -0.05) is 0 Å². The van der Waals surface area contributed by atoms with Crippen molar-refractivity contribution >= 4 is 0 Å². The van der Waals surface area contributed by atoms with Crippen molar-refractivity contribution in [3.63, 3.8) is 0 Å². The molecule has 0 aromatic rings. The zero-order chi connectivity index (χ0) is 14.7. The van der Waals surface area contributed by atoms with Crippen molar-refractivity contribution in [1.29, 1.82) is 0 Å². The fourth-order valence-electron chi connectivity index (χ4n) is 2.62. The fraction of sp³-hybridized carbons (Fsp3) is 1.00. The Labute approximate surface area is 107 Å². The van der Waals surface area contributed by atoms with E-state index < -0.39 is 30.7 Å². The smallest absolute Gasteiger partial charge is 0.271 e. The summed E-state index contributed by atoms with van der Waals surface area (Å²) in [7, 11) is 0. The molecule has 1 atom stereocenters. The highest BCUT2D eigenvalue weighted by Gasteiger charge is 2.42. The average molecular weight is 292 g/mol. The SMILES string of the molecule is NNC(CCC(F)(F)F)C1CCC(C(F)(F)F)CC1. The minimum Gasteiger partial charge on any atom is -0.271 e. The maximum Gasteiger partial charge on any atom is 0.391 e. The molecular formula is C11H18F6N2. The Morgan fingerprint density at radius 3 is 1.89 bits per heavy atom. The lowest BCUT2D eigenvalue weighted by molar-refractivity contribution is -0.184. The van der Waals surface area contributed by atoms with Crippen LogP contribution in [0.3, 0.4) is 0 Å². The molecule has 0 radical (unpaired) electrons. The van der Waals surface area contributed by atoms with E-state index in [1.165, 1.54) is 0 Å². The van der Waals surface area contributed by atoms with Gasteiger partial charge in [0.25, 0.3) is 0 Å². The largest absolute Gasteiger partial charge is 0.391 e. The zero-order valence-electron chi connectivity index (χ0n) is 10.3. The topological polar surface area (TPSA) is 38.0 Å². The van der Waals surface area contributed by atoms with E-state index in [0.29, 0.717) is 0 Å². The second-order valence-corrected chi connectivity index (χ2v) is 5.08. The maximum atomic E-state index is 12.5. The third kappa shape index (κ3) is 5.56. The van der Waals surface area contributed by atoms with E-state index in [-0.39, 0.29) is 38.0 Å². The van der Waals surface area contributed by atoms with E-state index in [1.54, 1.807) is 0 Å². The summed E-state index contributed by atoms with van der Waals surface area (Å²) in [4.78, 5) is 0. The molecule has 0 aliphatic heterocycles. The van der Waals surface area contributed by atoms with Gasteiger partial charge in [-0.2, -0.15) is 26.3 Å². The van der Waals surface area contributed by atoms with Gasteiger partial charge in [-0.25, -0.2) is 0 Å². The van der Waals surface area contributed by atoms with Crippen molar-refractivity contribution < 1.29 is 26.3 Å². The molecule has 2 nitrogen and oxygen atoms in total. The number of alkyl halides is 6. The summed E-state index contributed by atoms with van der Waals surface area (Å²) in [6, 6.07) is -0.573. The minimum atomic E-state index is -4.27. The van der Waals surface area contributed by atoms with Crippen LogP contribution in [0.15, 0.2) is 0 Å². The Bertz CT molecular complexity index is 267. The molecule has 1 aliphatic carbocycles. The molecular weight excluding hydrogens is 274 g/mol. The number of hydrogen-bond donors (Lipinski definition) is 2. The molecule has 0 amide bonds. The molecule has 0 spiro atoms. The molecule has 1 fully saturated rings. The van der Waals surface area contributed by atoms with E-state index in [4.69, 9.17) is 5.84 Å². The highest BCUT2D eigenvalue weighted by Crippen LogP contribution is 2.41. The van der Waals surface area contributed by atoms with Gasteiger partial charge in [0.1, 0.15) is 0 Å². The number of hydrazine groups is 1. The van der Waals surface area contributed by atoms with Gasteiger partial charge in [0.05, 0.1) is 5.92 Å². The average Bonchev–Trinajstić information content (AvgIpc) is 2.28. The van der Waals surface area contributed by atoms with Gasteiger partial charge in [0, 0.05) is 12.5 Å². The molecule has 0 saturated heterocycles. The quantitative estimate of drug-likeness (QED) is 0.472. The first kappa shape index (κ1) is 16.6. The number of rotatable bonds is 4. The van der Waals surface area contributed by atoms with Gasteiger partial charge in [-0.05, 0) is 38.0 Å². The van der Waals surface area contributed by atoms with Gasteiger partial charge in [-0.15, -0.1) is 0 Å². The summed E-state index contributed by atoms with van der Waals surface area (Å²) in [5.41, 5.74) is 2.32. The lowest BCUT2D eigenvalue weighted by atomic mass is 9.77. The monoisotopic (exact) mass is 292 g/mol. The molecule has 0 aromatic carbocycles. The first-order valence-electron chi connectivity index (χ1n) is 6.23. The fourth-order valence-corrected chi connectivity index (χ4v) is 2.62. The molecule has 0 heterocycles. The molecule has 1 saturated carbocycles. The van der Waals surface area contributed by atoms with E-state index >= 15 is 0 Å². The van der Waals surface area contributed by atoms with Crippen LogP contribution in [-0.2, 0) is 0 Å². The molecule has 0 bridgehead atoms. The van der Waals surface area contributed by atoms with Crippen LogP contribution >= 0.6 is 0 Å². The third-order valence-corrected chi connectivity index (χ3v) is 3.76. The van der Waals surface area contributed by atoms with Crippen molar-refractivity contribution in [2.45, 2.75) is 56.9 Å². The van der Waals surface area contributed by atoms with Gasteiger partial charge in [0.2, 0.25) is 0 Å². The Kier molecular flexibility index (Phi) is 5.49. The van der Waals surface area contributed by atoms with Gasteiger partial charge < -0.3 is 0 Å². The van der Waals surface area contributed by atoms with Crippen LogP contribution in [0.5, 0.6) is 0 Å². The highest BCUT2D eigenvalue weighted by atomic mass is 19.4. The van der Waals surface area contributed by atoms with Crippen molar-refractivity contribution in [3.8, 4) is 0 Å². The Balaban J connectivity index is 2.44. The van der Waals surface area contributed by atoms with Crippen molar-refractivity contribution in [3.05, 3.63) is 0 Å². The number of hydrogen-bond acceptors (Lipinski definition) is 2. The van der Waals surface area contributed by atoms with Crippen molar-refractivity contribution in [2.24, 2.45) is 17.7 Å². The number of halogens is 6. The van der Waals surface area contributed by atoms with Crippen LogP contribution in [0, 0.1) is 11.8 Å². The summed E-state index contributed by atoms with van der Waals surface area (Å²) in [6.07, 6.45) is -9.17. The van der Waals surface area contributed by atoms with Crippen LogP contribution in [-0.4, -0.2) is 18.4 Å². The van der Waals surface area contributed by atoms with Crippen LogP contribution in [0.25, 0.3) is 0 Å². The van der Waals surface area contributed by atoms with Gasteiger partial charge in [0.15, 0.2) is 0 Å². The molecule has 0 aromatic heterocycles. The standard InChI is InChI=1S/C11H18F6N2/c12-10(13,14)6-5-9(19-18)7-1-3-8(4-2-7)11(15,16)17/h7-9,19H,1-6,18H2. The maximum absolute atomic E-state index is 12.5. The highest BCUT2D eigenvalue weighted by molar-refractivity contribution is 4.83. The molecule has 1 aliphatic rings. The van der Waals surface area contributed by atoms with Gasteiger partial charge >= 0.3 is 12.4 Å². The van der Waals surface area contributed by atoms with E-state index in [0.717, 1.165) is 0 Å². The van der Waals surface area contributed by atoms with Crippen molar-refractivity contribution in [1.82, 2.24) is 5.43 Å². The zero-order valence-corrected chi connectivity index (χ0v) is 10.3. The second kappa shape index (κ2) is 6.30. The first-order chi connectivity index (χ1) is 8.63.